The zero-order chi connectivity index (χ0) is 16.9. The SMILES string of the molecule is CCN(CCO)C(=O)c1sc(-c2ccco2)nc1-c1ccccc1. The second-order valence-corrected chi connectivity index (χ2v) is 6.15. The van der Waals surface area contributed by atoms with Crippen LogP contribution < -0.4 is 0 Å². The van der Waals surface area contributed by atoms with Gasteiger partial charge in [-0.05, 0) is 19.1 Å². The van der Waals surface area contributed by atoms with Crippen molar-refractivity contribution in [2.24, 2.45) is 0 Å². The first-order chi connectivity index (χ1) is 11.7. The predicted octanol–water partition coefficient (Wildman–Crippen LogP) is 3.52. The van der Waals surface area contributed by atoms with Crippen molar-refractivity contribution in [2.75, 3.05) is 19.7 Å². The number of thiazole rings is 1. The number of furan rings is 1. The quantitative estimate of drug-likeness (QED) is 0.744. The number of carbonyl (C=O) groups is 1. The average molecular weight is 342 g/mol. The van der Waals surface area contributed by atoms with Gasteiger partial charge in [0.15, 0.2) is 10.8 Å². The van der Waals surface area contributed by atoms with E-state index in [9.17, 15) is 9.90 Å². The number of amides is 1. The van der Waals surface area contributed by atoms with Crippen LogP contribution in [-0.4, -0.2) is 40.6 Å². The van der Waals surface area contributed by atoms with E-state index in [1.807, 2.05) is 43.3 Å². The minimum Gasteiger partial charge on any atom is -0.462 e. The summed E-state index contributed by atoms with van der Waals surface area (Å²) in [4.78, 5) is 19.7. The summed E-state index contributed by atoms with van der Waals surface area (Å²) in [5.74, 6) is 0.516. The molecule has 0 aliphatic heterocycles. The van der Waals surface area contributed by atoms with Crippen molar-refractivity contribution in [3.8, 4) is 22.0 Å². The lowest BCUT2D eigenvalue weighted by Crippen LogP contribution is -2.33. The molecule has 1 aromatic carbocycles. The van der Waals surface area contributed by atoms with E-state index in [0.717, 1.165) is 5.56 Å². The van der Waals surface area contributed by atoms with Gasteiger partial charge in [0, 0.05) is 18.7 Å². The molecule has 0 bridgehead atoms. The normalized spacial score (nSPS) is 10.8. The molecule has 0 spiro atoms. The van der Waals surface area contributed by atoms with E-state index in [0.29, 0.717) is 34.4 Å². The minimum atomic E-state index is -0.124. The van der Waals surface area contributed by atoms with Crippen LogP contribution >= 0.6 is 11.3 Å². The van der Waals surface area contributed by atoms with Crippen LogP contribution in [0.15, 0.2) is 53.1 Å². The number of likely N-dealkylation sites (N-methyl/N-ethyl adjacent to an activating group) is 1. The highest BCUT2D eigenvalue weighted by molar-refractivity contribution is 7.17. The second-order valence-electron chi connectivity index (χ2n) is 5.15. The zero-order valence-electron chi connectivity index (χ0n) is 13.3. The number of benzene rings is 1. The fraction of sp³-hybridized carbons (Fsp3) is 0.222. The van der Waals surface area contributed by atoms with Crippen LogP contribution in [0.1, 0.15) is 16.6 Å². The number of rotatable bonds is 6. The van der Waals surface area contributed by atoms with Crippen LogP contribution in [0.25, 0.3) is 22.0 Å². The standard InChI is InChI=1S/C18H18N2O3S/c1-2-20(10-11-21)18(22)16-15(13-7-4-3-5-8-13)19-17(24-16)14-9-6-12-23-14/h3-9,12,21H,2,10-11H2,1H3. The number of aliphatic hydroxyl groups excluding tert-OH is 1. The first-order valence-electron chi connectivity index (χ1n) is 7.74. The van der Waals surface area contributed by atoms with Gasteiger partial charge in [0.2, 0.25) is 0 Å². The summed E-state index contributed by atoms with van der Waals surface area (Å²) in [7, 11) is 0. The third kappa shape index (κ3) is 3.25. The van der Waals surface area contributed by atoms with Crippen molar-refractivity contribution >= 4 is 17.2 Å². The molecule has 3 aromatic rings. The van der Waals surface area contributed by atoms with Gasteiger partial charge >= 0.3 is 0 Å². The maximum absolute atomic E-state index is 12.9. The van der Waals surface area contributed by atoms with Crippen LogP contribution in [-0.2, 0) is 0 Å². The Balaban J connectivity index is 2.08. The van der Waals surface area contributed by atoms with Crippen LogP contribution in [0.4, 0.5) is 0 Å². The number of nitrogens with zero attached hydrogens (tertiary/aromatic N) is 2. The van der Waals surface area contributed by atoms with Crippen LogP contribution in [0, 0.1) is 0 Å². The lowest BCUT2D eigenvalue weighted by Gasteiger charge is -2.19. The average Bonchev–Trinajstić information content (AvgIpc) is 3.29. The van der Waals surface area contributed by atoms with Gasteiger partial charge in [-0.15, -0.1) is 11.3 Å². The molecule has 2 heterocycles. The Bertz CT molecular complexity index is 797. The molecule has 2 aromatic heterocycles. The molecule has 3 rings (SSSR count). The molecule has 5 nitrogen and oxygen atoms in total. The molecule has 0 saturated carbocycles. The van der Waals surface area contributed by atoms with E-state index >= 15 is 0 Å². The Labute approximate surface area is 144 Å². The van der Waals surface area contributed by atoms with Gasteiger partial charge in [-0.2, -0.15) is 0 Å². The van der Waals surface area contributed by atoms with E-state index in [2.05, 4.69) is 4.98 Å². The van der Waals surface area contributed by atoms with E-state index in [4.69, 9.17) is 4.42 Å². The summed E-state index contributed by atoms with van der Waals surface area (Å²) in [6.45, 7) is 2.66. The highest BCUT2D eigenvalue weighted by Crippen LogP contribution is 2.34. The molecule has 0 atom stereocenters. The molecule has 0 saturated heterocycles. The number of carbonyl (C=O) groups excluding carboxylic acids is 1. The first-order valence-corrected chi connectivity index (χ1v) is 8.56. The monoisotopic (exact) mass is 342 g/mol. The van der Waals surface area contributed by atoms with E-state index in [1.165, 1.54) is 11.3 Å². The summed E-state index contributed by atoms with van der Waals surface area (Å²) >= 11 is 1.31. The van der Waals surface area contributed by atoms with Crippen molar-refractivity contribution in [1.82, 2.24) is 9.88 Å². The molecule has 124 valence electrons. The fourth-order valence-electron chi connectivity index (χ4n) is 2.43. The van der Waals surface area contributed by atoms with Gasteiger partial charge in [0.1, 0.15) is 4.88 Å². The molecule has 6 heteroatoms. The third-order valence-electron chi connectivity index (χ3n) is 3.64. The summed E-state index contributed by atoms with van der Waals surface area (Å²) in [5, 5.41) is 9.85. The third-order valence-corrected chi connectivity index (χ3v) is 4.70. The van der Waals surface area contributed by atoms with Crippen molar-refractivity contribution in [3.05, 3.63) is 53.6 Å². The summed E-state index contributed by atoms with van der Waals surface area (Å²) in [6, 6.07) is 13.2. The number of hydrogen-bond acceptors (Lipinski definition) is 5. The molecule has 0 aliphatic carbocycles. The van der Waals surface area contributed by atoms with Crippen LogP contribution in [0.5, 0.6) is 0 Å². The van der Waals surface area contributed by atoms with Gasteiger partial charge < -0.3 is 14.4 Å². The number of aromatic nitrogens is 1. The maximum Gasteiger partial charge on any atom is 0.266 e. The Morgan fingerprint density at radius 1 is 1.25 bits per heavy atom. The van der Waals surface area contributed by atoms with Gasteiger partial charge in [-0.1, -0.05) is 30.3 Å². The van der Waals surface area contributed by atoms with Gasteiger partial charge in [0.25, 0.3) is 5.91 Å². The van der Waals surface area contributed by atoms with Crippen LogP contribution in [0.2, 0.25) is 0 Å². The van der Waals surface area contributed by atoms with Crippen molar-refractivity contribution in [3.63, 3.8) is 0 Å². The molecular weight excluding hydrogens is 324 g/mol. The molecule has 24 heavy (non-hydrogen) atoms. The fourth-order valence-corrected chi connectivity index (χ4v) is 3.45. The van der Waals surface area contributed by atoms with Crippen molar-refractivity contribution < 1.29 is 14.3 Å². The van der Waals surface area contributed by atoms with Gasteiger partial charge in [-0.25, -0.2) is 4.98 Å². The summed E-state index contributed by atoms with van der Waals surface area (Å²) < 4.78 is 5.42. The molecule has 0 aliphatic rings. The second kappa shape index (κ2) is 7.42. The Morgan fingerprint density at radius 2 is 2.04 bits per heavy atom. The zero-order valence-corrected chi connectivity index (χ0v) is 14.1. The molecular formula is C18H18N2O3S. The van der Waals surface area contributed by atoms with Gasteiger partial charge in [-0.3, -0.25) is 4.79 Å². The molecule has 1 N–H and O–H groups in total. The lowest BCUT2D eigenvalue weighted by molar-refractivity contribution is 0.0737. The Morgan fingerprint density at radius 3 is 2.67 bits per heavy atom. The lowest BCUT2D eigenvalue weighted by atomic mass is 10.1. The molecule has 0 radical (unpaired) electrons. The Hall–Kier alpha value is -2.44. The largest absolute Gasteiger partial charge is 0.462 e. The first kappa shape index (κ1) is 16.4. The number of hydrogen-bond donors (Lipinski definition) is 1. The van der Waals surface area contributed by atoms with E-state index < -0.39 is 0 Å². The Kier molecular flexibility index (Phi) is 5.08. The van der Waals surface area contributed by atoms with Gasteiger partial charge in [0.05, 0.1) is 18.6 Å². The van der Waals surface area contributed by atoms with Crippen molar-refractivity contribution in [2.45, 2.75) is 6.92 Å². The number of aliphatic hydroxyl groups is 1. The molecule has 1 amide bonds. The van der Waals surface area contributed by atoms with E-state index in [-0.39, 0.29) is 12.5 Å². The van der Waals surface area contributed by atoms with Crippen LogP contribution in [0.3, 0.4) is 0 Å². The predicted molar refractivity (Wildman–Crippen MR) is 93.9 cm³/mol. The highest BCUT2D eigenvalue weighted by atomic mass is 32.1. The summed E-state index contributed by atoms with van der Waals surface area (Å²) in [6.07, 6.45) is 1.59. The highest BCUT2D eigenvalue weighted by Gasteiger charge is 2.24. The maximum atomic E-state index is 12.9. The molecule has 0 unspecified atom stereocenters. The van der Waals surface area contributed by atoms with E-state index in [1.54, 1.807) is 17.2 Å². The summed E-state index contributed by atoms with van der Waals surface area (Å²) in [5.41, 5.74) is 1.53. The topological polar surface area (TPSA) is 66.6 Å². The smallest absolute Gasteiger partial charge is 0.266 e. The van der Waals surface area contributed by atoms with Crippen molar-refractivity contribution in [1.29, 1.82) is 0 Å². The molecule has 0 fully saturated rings. The minimum absolute atomic E-state index is 0.0654.